The fourth-order valence-electron chi connectivity index (χ4n) is 2.16. The molecule has 0 unspecified atom stereocenters. The standard InChI is InChI=1S/C12H17BrO4/c1-4-5-15-10-8(14)6-7(13)9-11(10)17-12(2,3)16-9/h4,6,8-11,14H,1,5H2,2-3H3/t8-,9+,10+,11+/m0/s1. The lowest BCUT2D eigenvalue weighted by atomic mass is 9.96. The molecule has 5 heteroatoms. The van der Waals surface area contributed by atoms with Gasteiger partial charge in [-0.3, -0.25) is 0 Å². The summed E-state index contributed by atoms with van der Waals surface area (Å²) in [6.45, 7) is 7.67. The zero-order valence-corrected chi connectivity index (χ0v) is 11.5. The summed E-state index contributed by atoms with van der Waals surface area (Å²) < 4.78 is 17.9. The summed E-state index contributed by atoms with van der Waals surface area (Å²) >= 11 is 3.40. The van der Waals surface area contributed by atoms with E-state index in [-0.39, 0.29) is 12.2 Å². The van der Waals surface area contributed by atoms with Crippen LogP contribution in [0, 0.1) is 0 Å². The van der Waals surface area contributed by atoms with Crippen LogP contribution in [0.4, 0.5) is 0 Å². The maximum Gasteiger partial charge on any atom is 0.164 e. The molecule has 96 valence electrons. The van der Waals surface area contributed by atoms with Gasteiger partial charge in [-0.05, 0) is 19.9 Å². The summed E-state index contributed by atoms with van der Waals surface area (Å²) in [7, 11) is 0. The second kappa shape index (κ2) is 4.82. The van der Waals surface area contributed by atoms with E-state index in [1.165, 1.54) is 0 Å². The van der Waals surface area contributed by atoms with Crippen LogP contribution in [0.25, 0.3) is 0 Å². The van der Waals surface area contributed by atoms with E-state index in [1.54, 1.807) is 12.2 Å². The van der Waals surface area contributed by atoms with Gasteiger partial charge < -0.3 is 19.3 Å². The van der Waals surface area contributed by atoms with Crippen molar-refractivity contribution in [2.45, 2.75) is 44.1 Å². The molecule has 0 bridgehead atoms. The molecule has 0 amide bonds. The summed E-state index contributed by atoms with van der Waals surface area (Å²) in [6.07, 6.45) is 1.68. The van der Waals surface area contributed by atoms with E-state index < -0.39 is 18.0 Å². The van der Waals surface area contributed by atoms with E-state index in [0.717, 1.165) is 4.48 Å². The Morgan fingerprint density at radius 1 is 1.59 bits per heavy atom. The van der Waals surface area contributed by atoms with Crippen molar-refractivity contribution in [1.82, 2.24) is 0 Å². The van der Waals surface area contributed by atoms with Crippen LogP contribution in [0.15, 0.2) is 23.2 Å². The van der Waals surface area contributed by atoms with E-state index in [0.29, 0.717) is 6.61 Å². The second-order valence-electron chi connectivity index (χ2n) is 4.65. The SMILES string of the molecule is C=CCO[C@H]1[C@@H]2OC(C)(C)O[C@@H]2C(Br)=C[C@@H]1O. The minimum Gasteiger partial charge on any atom is -0.386 e. The summed E-state index contributed by atoms with van der Waals surface area (Å²) in [5.74, 6) is -0.665. The first-order valence-electron chi connectivity index (χ1n) is 5.58. The van der Waals surface area contributed by atoms with Gasteiger partial charge >= 0.3 is 0 Å². The molecule has 0 aromatic rings. The Morgan fingerprint density at radius 3 is 2.94 bits per heavy atom. The van der Waals surface area contributed by atoms with Gasteiger partial charge in [-0.1, -0.05) is 22.0 Å². The monoisotopic (exact) mass is 304 g/mol. The Morgan fingerprint density at radius 2 is 2.29 bits per heavy atom. The lowest BCUT2D eigenvalue weighted by Crippen LogP contribution is -2.47. The Hall–Kier alpha value is -0.200. The topological polar surface area (TPSA) is 47.9 Å². The number of rotatable bonds is 3. The molecular formula is C12H17BrO4. The maximum absolute atomic E-state index is 9.98. The number of fused-ring (bicyclic) bond motifs is 1. The van der Waals surface area contributed by atoms with E-state index >= 15 is 0 Å². The van der Waals surface area contributed by atoms with Crippen LogP contribution < -0.4 is 0 Å². The molecule has 2 rings (SSSR count). The third kappa shape index (κ3) is 2.63. The van der Waals surface area contributed by atoms with Crippen molar-refractivity contribution in [2.24, 2.45) is 0 Å². The molecule has 0 saturated carbocycles. The molecule has 1 heterocycles. The third-order valence-electron chi connectivity index (χ3n) is 2.80. The minimum absolute atomic E-state index is 0.219. The first-order valence-corrected chi connectivity index (χ1v) is 6.37. The highest BCUT2D eigenvalue weighted by Crippen LogP contribution is 2.40. The number of aliphatic hydroxyl groups is 1. The van der Waals surface area contributed by atoms with E-state index in [1.807, 2.05) is 13.8 Å². The fraction of sp³-hybridized carbons (Fsp3) is 0.667. The van der Waals surface area contributed by atoms with Crippen molar-refractivity contribution in [3.63, 3.8) is 0 Å². The van der Waals surface area contributed by atoms with Crippen LogP contribution in [-0.2, 0) is 14.2 Å². The highest BCUT2D eigenvalue weighted by molar-refractivity contribution is 9.11. The largest absolute Gasteiger partial charge is 0.386 e. The van der Waals surface area contributed by atoms with Crippen molar-refractivity contribution in [3.8, 4) is 0 Å². The smallest absolute Gasteiger partial charge is 0.164 e. The van der Waals surface area contributed by atoms with Crippen LogP contribution in [-0.4, -0.2) is 41.9 Å². The van der Waals surface area contributed by atoms with Crippen molar-refractivity contribution in [2.75, 3.05) is 6.61 Å². The molecule has 17 heavy (non-hydrogen) atoms. The van der Waals surface area contributed by atoms with Crippen LogP contribution >= 0.6 is 15.9 Å². The van der Waals surface area contributed by atoms with E-state index in [9.17, 15) is 5.11 Å². The lowest BCUT2D eigenvalue weighted by Gasteiger charge is -2.32. The average molecular weight is 305 g/mol. The van der Waals surface area contributed by atoms with Gasteiger partial charge in [0.25, 0.3) is 0 Å². The van der Waals surface area contributed by atoms with Gasteiger partial charge in [0.2, 0.25) is 0 Å². The molecule has 1 saturated heterocycles. The molecule has 2 aliphatic rings. The molecule has 4 atom stereocenters. The third-order valence-corrected chi connectivity index (χ3v) is 3.51. The van der Waals surface area contributed by atoms with Crippen LogP contribution in [0.3, 0.4) is 0 Å². The van der Waals surface area contributed by atoms with Crippen molar-refractivity contribution < 1.29 is 19.3 Å². The molecule has 4 nitrogen and oxygen atoms in total. The Balaban J connectivity index is 2.20. The number of hydrogen-bond donors (Lipinski definition) is 1. The molecule has 1 aliphatic heterocycles. The van der Waals surface area contributed by atoms with Crippen LogP contribution in [0.2, 0.25) is 0 Å². The molecular weight excluding hydrogens is 288 g/mol. The van der Waals surface area contributed by atoms with Crippen molar-refractivity contribution in [3.05, 3.63) is 23.2 Å². The van der Waals surface area contributed by atoms with E-state index in [4.69, 9.17) is 14.2 Å². The molecule has 0 aromatic carbocycles. The molecule has 0 radical (unpaired) electrons. The summed E-state index contributed by atoms with van der Waals surface area (Å²) in [4.78, 5) is 0. The van der Waals surface area contributed by atoms with Crippen LogP contribution in [0.1, 0.15) is 13.8 Å². The van der Waals surface area contributed by atoms with Gasteiger partial charge in [0, 0.05) is 4.48 Å². The normalized spacial score (nSPS) is 39.6. The Kier molecular flexibility index (Phi) is 3.75. The predicted molar refractivity (Wildman–Crippen MR) is 66.8 cm³/mol. The zero-order valence-electron chi connectivity index (χ0n) is 9.93. The van der Waals surface area contributed by atoms with Crippen LogP contribution in [0.5, 0.6) is 0 Å². The molecule has 1 N–H and O–H groups in total. The number of ether oxygens (including phenoxy) is 3. The summed E-state index contributed by atoms with van der Waals surface area (Å²) in [5.41, 5.74) is 0. The zero-order chi connectivity index (χ0) is 12.6. The molecule has 0 spiro atoms. The molecule has 0 aromatic heterocycles. The Labute approximate surface area is 109 Å². The van der Waals surface area contributed by atoms with Gasteiger partial charge in [-0.15, -0.1) is 6.58 Å². The van der Waals surface area contributed by atoms with Gasteiger partial charge in [0.05, 0.1) is 6.61 Å². The summed E-state index contributed by atoms with van der Waals surface area (Å²) in [6, 6.07) is 0. The fourth-order valence-corrected chi connectivity index (χ4v) is 2.79. The van der Waals surface area contributed by atoms with Gasteiger partial charge in [0.15, 0.2) is 5.79 Å². The first kappa shape index (κ1) is 13.2. The number of aliphatic hydroxyl groups excluding tert-OH is 1. The molecule has 1 fully saturated rings. The van der Waals surface area contributed by atoms with Crippen molar-refractivity contribution in [1.29, 1.82) is 0 Å². The maximum atomic E-state index is 9.98. The number of hydrogen-bond acceptors (Lipinski definition) is 4. The lowest BCUT2D eigenvalue weighted by molar-refractivity contribution is -0.163. The highest BCUT2D eigenvalue weighted by Gasteiger charge is 2.50. The highest BCUT2D eigenvalue weighted by atomic mass is 79.9. The second-order valence-corrected chi connectivity index (χ2v) is 5.57. The first-order chi connectivity index (χ1) is 7.94. The quantitative estimate of drug-likeness (QED) is 0.807. The van der Waals surface area contributed by atoms with Gasteiger partial charge in [0.1, 0.15) is 24.4 Å². The summed E-state index contributed by atoms with van der Waals surface area (Å²) in [5, 5.41) is 9.98. The number of halogens is 1. The van der Waals surface area contributed by atoms with E-state index in [2.05, 4.69) is 22.5 Å². The molecule has 1 aliphatic carbocycles. The van der Waals surface area contributed by atoms with Crippen molar-refractivity contribution >= 4 is 15.9 Å². The minimum atomic E-state index is -0.705. The Bertz CT molecular complexity index is 339. The van der Waals surface area contributed by atoms with Gasteiger partial charge in [-0.2, -0.15) is 0 Å². The van der Waals surface area contributed by atoms with Gasteiger partial charge in [-0.25, -0.2) is 0 Å². The average Bonchev–Trinajstić information content (AvgIpc) is 2.54. The predicted octanol–water partition coefficient (Wildman–Crippen LogP) is 1.73.